The van der Waals surface area contributed by atoms with E-state index in [0.29, 0.717) is 9.75 Å². The van der Waals surface area contributed by atoms with Crippen LogP contribution in [0, 0.1) is 0 Å². The largest absolute Gasteiger partial charge is 0.465 e. The summed E-state index contributed by atoms with van der Waals surface area (Å²) in [7, 11) is 1.26. The zero-order valence-electron chi connectivity index (χ0n) is 8.98. The zero-order chi connectivity index (χ0) is 12.8. The molecule has 0 aromatic carbocycles. The first kappa shape index (κ1) is 13.5. The van der Waals surface area contributed by atoms with Crippen LogP contribution in [0.2, 0.25) is 0 Å². The highest BCUT2D eigenvalue weighted by Gasteiger charge is 2.21. The minimum absolute atomic E-state index is 0.233. The lowest BCUT2D eigenvalue weighted by molar-refractivity contribution is 0.0266. The number of rotatable bonds is 5. The summed E-state index contributed by atoms with van der Waals surface area (Å²) >= 11 is 1.02. The fourth-order valence-electron chi connectivity index (χ4n) is 1.13. The molecule has 0 aliphatic carbocycles. The Kier molecular flexibility index (Phi) is 4.92. The van der Waals surface area contributed by atoms with Crippen molar-refractivity contribution in [3.63, 3.8) is 0 Å². The van der Waals surface area contributed by atoms with Gasteiger partial charge in [-0.3, -0.25) is 0 Å². The van der Waals surface area contributed by atoms with Crippen LogP contribution in [-0.2, 0) is 4.74 Å². The molecule has 0 fully saturated rings. The molecule has 0 spiro atoms. The first-order valence-electron chi connectivity index (χ1n) is 4.65. The molecule has 0 bridgehead atoms. The molecule has 0 saturated carbocycles. The molecule has 0 aliphatic rings. The number of aliphatic hydroxyl groups excluding tert-OH is 2. The number of ether oxygens (including phenoxy) is 1. The average Bonchev–Trinajstić information content (AvgIpc) is 2.83. The van der Waals surface area contributed by atoms with Gasteiger partial charge < -0.3 is 14.9 Å². The molecule has 8 heteroatoms. The third kappa shape index (κ3) is 3.43. The van der Waals surface area contributed by atoms with Gasteiger partial charge in [0.05, 0.1) is 19.8 Å². The van der Waals surface area contributed by atoms with Gasteiger partial charge in [-0.2, -0.15) is 0 Å². The molecule has 92 valence electrons. The molecular formula is C9H11N3O4S. The molecule has 0 amide bonds. The maximum absolute atomic E-state index is 11.2. The first-order chi connectivity index (χ1) is 8.10. The Labute approximate surface area is 101 Å². The second-order valence-corrected chi connectivity index (χ2v) is 4.23. The van der Waals surface area contributed by atoms with Gasteiger partial charge in [0.15, 0.2) is 0 Å². The predicted octanol–water partition coefficient (Wildman–Crippen LogP) is 1.24. The quantitative estimate of drug-likeness (QED) is 0.357. The number of methoxy groups -OCH3 is 1. The SMILES string of the molecule is COC(=O)c1ccc(C(O)C(O)CN=[N+]=[N-])s1. The van der Waals surface area contributed by atoms with Crippen molar-refractivity contribution in [3.8, 4) is 0 Å². The van der Waals surface area contributed by atoms with Crippen LogP contribution in [0.15, 0.2) is 17.2 Å². The van der Waals surface area contributed by atoms with Crippen LogP contribution in [-0.4, -0.2) is 35.9 Å². The summed E-state index contributed by atoms with van der Waals surface area (Å²) in [5.74, 6) is -0.502. The molecule has 7 nitrogen and oxygen atoms in total. The summed E-state index contributed by atoms with van der Waals surface area (Å²) in [6.45, 7) is -0.233. The second-order valence-electron chi connectivity index (χ2n) is 3.12. The number of nitrogens with zero attached hydrogens (tertiary/aromatic N) is 3. The number of aliphatic hydroxyl groups is 2. The Morgan fingerprint density at radius 2 is 2.35 bits per heavy atom. The van der Waals surface area contributed by atoms with Crippen molar-refractivity contribution in [1.29, 1.82) is 0 Å². The molecule has 17 heavy (non-hydrogen) atoms. The van der Waals surface area contributed by atoms with E-state index in [1.54, 1.807) is 0 Å². The summed E-state index contributed by atoms with van der Waals surface area (Å²) in [5.41, 5.74) is 8.08. The van der Waals surface area contributed by atoms with E-state index >= 15 is 0 Å². The Hall–Kier alpha value is -1.60. The number of carbonyl (C=O) groups is 1. The van der Waals surface area contributed by atoms with Crippen LogP contribution in [0.1, 0.15) is 20.7 Å². The maximum Gasteiger partial charge on any atom is 0.348 e. The Balaban J connectivity index is 2.75. The van der Waals surface area contributed by atoms with Crippen molar-refractivity contribution < 1.29 is 19.7 Å². The highest BCUT2D eigenvalue weighted by molar-refractivity contribution is 7.14. The van der Waals surface area contributed by atoms with Gasteiger partial charge in [0.2, 0.25) is 0 Å². The highest BCUT2D eigenvalue weighted by Crippen LogP contribution is 2.26. The Morgan fingerprint density at radius 1 is 1.65 bits per heavy atom. The van der Waals surface area contributed by atoms with Crippen LogP contribution >= 0.6 is 11.3 Å². The minimum Gasteiger partial charge on any atom is -0.465 e. The van der Waals surface area contributed by atoms with E-state index in [1.165, 1.54) is 19.2 Å². The minimum atomic E-state index is -1.20. The summed E-state index contributed by atoms with van der Waals surface area (Å²) in [4.78, 5) is 14.4. The fourth-order valence-corrected chi connectivity index (χ4v) is 2.10. The monoisotopic (exact) mass is 257 g/mol. The van der Waals surface area contributed by atoms with Crippen LogP contribution in [0.4, 0.5) is 0 Å². The van der Waals surface area contributed by atoms with Crippen molar-refractivity contribution in [2.24, 2.45) is 5.11 Å². The van der Waals surface area contributed by atoms with Crippen LogP contribution < -0.4 is 0 Å². The molecule has 0 aliphatic heterocycles. The van der Waals surface area contributed by atoms with E-state index < -0.39 is 18.2 Å². The summed E-state index contributed by atoms with van der Waals surface area (Å²) < 4.78 is 4.52. The van der Waals surface area contributed by atoms with E-state index in [1.807, 2.05) is 0 Å². The van der Waals surface area contributed by atoms with Gasteiger partial charge in [-0.05, 0) is 17.7 Å². The van der Waals surface area contributed by atoms with Gasteiger partial charge in [-0.25, -0.2) is 4.79 Å². The van der Waals surface area contributed by atoms with Crippen LogP contribution in [0.3, 0.4) is 0 Å². The van der Waals surface area contributed by atoms with Crippen molar-refractivity contribution in [2.75, 3.05) is 13.7 Å². The number of hydrogen-bond donors (Lipinski definition) is 2. The lowest BCUT2D eigenvalue weighted by atomic mass is 10.2. The lowest BCUT2D eigenvalue weighted by Crippen LogP contribution is -2.20. The van der Waals surface area contributed by atoms with E-state index in [4.69, 9.17) is 5.53 Å². The number of azide groups is 1. The second kappa shape index (κ2) is 6.21. The molecule has 0 saturated heterocycles. The summed E-state index contributed by atoms with van der Waals surface area (Å²) in [6.07, 6.45) is -2.39. The number of carbonyl (C=O) groups excluding carboxylic acids is 1. The standard InChI is InChI=1S/C9H11N3O4S/c1-16-9(15)7-3-2-6(17-7)8(14)5(13)4-11-12-10/h2-3,5,8,13-14H,4H2,1H3. The van der Waals surface area contributed by atoms with E-state index in [0.717, 1.165) is 11.3 Å². The third-order valence-electron chi connectivity index (χ3n) is 2.00. The van der Waals surface area contributed by atoms with Crippen molar-refractivity contribution in [2.45, 2.75) is 12.2 Å². The molecule has 1 aromatic rings. The molecule has 2 N–H and O–H groups in total. The van der Waals surface area contributed by atoms with Gasteiger partial charge in [0, 0.05) is 9.79 Å². The van der Waals surface area contributed by atoms with Gasteiger partial charge in [-0.1, -0.05) is 5.11 Å². The Morgan fingerprint density at radius 3 is 2.94 bits per heavy atom. The van der Waals surface area contributed by atoms with Crippen LogP contribution in [0.25, 0.3) is 10.4 Å². The first-order valence-corrected chi connectivity index (χ1v) is 5.46. The fraction of sp³-hybridized carbons (Fsp3) is 0.444. The van der Waals surface area contributed by atoms with E-state index in [2.05, 4.69) is 14.8 Å². The average molecular weight is 257 g/mol. The van der Waals surface area contributed by atoms with Gasteiger partial charge >= 0.3 is 5.97 Å². The zero-order valence-corrected chi connectivity index (χ0v) is 9.79. The van der Waals surface area contributed by atoms with E-state index in [-0.39, 0.29) is 6.54 Å². The predicted molar refractivity (Wildman–Crippen MR) is 60.6 cm³/mol. The molecule has 1 heterocycles. The Bertz CT molecular complexity index is 441. The number of thiophene rings is 1. The van der Waals surface area contributed by atoms with Gasteiger partial charge in [-0.15, -0.1) is 11.3 Å². The summed E-state index contributed by atoms with van der Waals surface area (Å²) in [6, 6.07) is 3.01. The third-order valence-corrected chi connectivity index (χ3v) is 3.14. The smallest absolute Gasteiger partial charge is 0.348 e. The maximum atomic E-state index is 11.2. The lowest BCUT2D eigenvalue weighted by Gasteiger charge is -2.13. The van der Waals surface area contributed by atoms with Crippen molar-refractivity contribution >= 4 is 17.3 Å². The molecule has 1 aromatic heterocycles. The van der Waals surface area contributed by atoms with Crippen molar-refractivity contribution in [3.05, 3.63) is 32.3 Å². The van der Waals surface area contributed by atoms with Crippen LogP contribution in [0.5, 0.6) is 0 Å². The number of hydrogen-bond acceptors (Lipinski definition) is 6. The molecule has 2 atom stereocenters. The van der Waals surface area contributed by atoms with Crippen molar-refractivity contribution in [1.82, 2.24) is 0 Å². The van der Waals surface area contributed by atoms with E-state index in [9.17, 15) is 15.0 Å². The molecule has 2 unspecified atom stereocenters. The number of esters is 1. The van der Waals surface area contributed by atoms with Gasteiger partial charge in [0.1, 0.15) is 11.0 Å². The highest BCUT2D eigenvalue weighted by atomic mass is 32.1. The molecular weight excluding hydrogens is 246 g/mol. The van der Waals surface area contributed by atoms with Gasteiger partial charge in [0.25, 0.3) is 0 Å². The molecule has 1 rings (SSSR count). The normalized spacial score (nSPS) is 13.6. The summed E-state index contributed by atoms with van der Waals surface area (Å²) in [5, 5.41) is 22.4. The molecule has 0 radical (unpaired) electrons. The topological polar surface area (TPSA) is 116 Å².